The first-order valence-electron chi connectivity index (χ1n) is 3.44. The molecule has 63 valence electrons. The van der Waals surface area contributed by atoms with E-state index in [9.17, 15) is 10.1 Å². The summed E-state index contributed by atoms with van der Waals surface area (Å²) in [7, 11) is 0. The lowest BCUT2D eigenvalue weighted by Crippen LogP contribution is -1.94. The fraction of sp³-hybridized carbons (Fsp3) is 0.125. The van der Waals surface area contributed by atoms with Gasteiger partial charge >= 0.3 is 0 Å². The van der Waals surface area contributed by atoms with Gasteiger partial charge in [-0.2, -0.15) is 0 Å². The Labute approximate surface area is 69.6 Å². The maximum absolute atomic E-state index is 10.4. The molecule has 12 heavy (non-hydrogen) atoms. The molecule has 0 aliphatic rings. The van der Waals surface area contributed by atoms with Crippen LogP contribution in [0.15, 0.2) is 24.3 Å². The van der Waals surface area contributed by atoms with Crippen molar-refractivity contribution in [3.8, 4) is 0 Å². The summed E-state index contributed by atoms with van der Waals surface area (Å²) >= 11 is 0. The van der Waals surface area contributed by atoms with Crippen LogP contribution in [0.3, 0.4) is 0 Å². The number of aliphatic hydroxyl groups is 1. The van der Waals surface area contributed by atoms with Gasteiger partial charge in [-0.3, -0.25) is 10.1 Å². The molecule has 1 radical (unpaired) electrons. The third kappa shape index (κ3) is 1.79. The predicted molar refractivity (Wildman–Crippen MR) is 43.0 cm³/mol. The van der Waals surface area contributed by atoms with Gasteiger partial charge in [0.15, 0.2) is 0 Å². The molecule has 4 nitrogen and oxygen atoms in total. The molecule has 0 heterocycles. The van der Waals surface area contributed by atoms with Crippen LogP contribution in [0.2, 0.25) is 0 Å². The number of nitrogens with zero attached hydrogens (tertiary/aromatic N) is 1. The summed E-state index contributed by atoms with van der Waals surface area (Å²) in [4.78, 5) is 9.95. The zero-order chi connectivity index (χ0) is 8.97. The topological polar surface area (TPSA) is 63.4 Å². The van der Waals surface area contributed by atoms with Crippen LogP contribution >= 0.6 is 0 Å². The number of para-hydroxylation sites is 1. The summed E-state index contributed by atoms with van der Waals surface area (Å²) in [6.45, 7) is 0.905. The maximum atomic E-state index is 10.4. The van der Waals surface area contributed by atoms with Crippen LogP contribution in [0.1, 0.15) is 5.56 Å². The van der Waals surface area contributed by atoms with E-state index in [0.29, 0.717) is 5.56 Å². The van der Waals surface area contributed by atoms with E-state index in [1.165, 1.54) is 6.07 Å². The van der Waals surface area contributed by atoms with Crippen molar-refractivity contribution in [1.29, 1.82) is 0 Å². The van der Waals surface area contributed by atoms with Crippen LogP contribution in [-0.4, -0.2) is 10.0 Å². The van der Waals surface area contributed by atoms with Gasteiger partial charge in [0.1, 0.15) is 0 Å². The zero-order valence-electron chi connectivity index (χ0n) is 6.30. The molecule has 0 bridgehead atoms. The van der Waals surface area contributed by atoms with Gasteiger partial charge in [-0.25, -0.2) is 0 Å². The second-order valence-electron chi connectivity index (χ2n) is 2.27. The average Bonchev–Trinajstić information content (AvgIpc) is 2.05. The molecule has 1 aromatic rings. The molecule has 1 rings (SSSR count). The highest BCUT2D eigenvalue weighted by molar-refractivity contribution is 5.40. The van der Waals surface area contributed by atoms with Gasteiger partial charge in [0.2, 0.25) is 0 Å². The standard InChI is InChI=1S/C8H8NO3/c10-6-5-7-3-1-2-4-8(7)9(11)12/h1-4,6,10H,5H2. The summed E-state index contributed by atoms with van der Waals surface area (Å²) in [5, 5.41) is 18.9. The van der Waals surface area contributed by atoms with E-state index in [1.54, 1.807) is 18.2 Å². The van der Waals surface area contributed by atoms with E-state index in [0.717, 1.165) is 6.61 Å². The van der Waals surface area contributed by atoms with Crippen molar-refractivity contribution < 1.29 is 10.0 Å². The fourth-order valence-corrected chi connectivity index (χ4v) is 0.960. The van der Waals surface area contributed by atoms with Crippen LogP contribution in [0, 0.1) is 16.7 Å². The maximum Gasteiger partial charge on any atom is 0.272 e. The molecule has 0 fully saturated rings. The van der Waals surface area contributed by atoms with Crippen molar-refractivity contribution >= 4 is 5.69 Å². The minimum absolute atomic E-state index is 0.0443. The summed E-state index contributed by atoms with van der Waals surface area (Å²) < 4.78 is 0. The van der Waals surface area contributed by atoms with Crippen molar-refractivity contribution in [1.82, 2.24) is 0 Å². The number of nitro groups is 1. The molecule has 0 aliphatic heterocycles. The Morgan fingerprint density at radius 3 is 2.75 bits per heavy atom. The van der Waals surface area contributed by atoms with E-state index in [1.807, 2.05) is 0 Å². The predicted octanol–water partition coefficient (Wildman–Crippen LogP) is 1.67. The van der Waals surface area contributed by atoms with Crippen LogP contribution in [0.25, 0.3) is 0 Å². The van der Waals surface area contributed by atoms with Gasteiger partial charge in [-0.1, -0.05) is 18.2 Å². The Balaban J connectivity index is 3.00. The molecule has 0 atom stereocenters. The second kappa shape index (κ2) is 3.82. The fourth-order valence-electron chi connectivity index (χ4n) is 0.960. The smallest absolute Gasteiger partial charge is 0.272 e. The lowest BCUT2D eigenvalue weighted by Gasteiger charge is -1.98. The lowest BCUT2D eigenvalue weighted by atomic mass is 10.1. The van der Waals surface area contributed by atoms with Crippen molar-refractivity contribution in [2.75, 3.05) is 0 Å². The highest BCUT2D eigenvalue weighted by Gasteiger charge is 2.10. The zero-order valence-corrected chi connectivity index (χ0v) is 6.30. The van der Waals surface area contributed by atoms with Gasteiger partial charge in [0.25, 0.3) is 5.69 Å². The van der Waals surface area contributed by atoms with E-state index in [2.05, 4.69) is 0 Å². The first-order valence-corrected chi connectivity index (χ1v) is 3.44. The Bertz CT molecular complexity index is 285. The largest absolute Gasteiger partial charge is 0.390 e. The van der Waals surface area contributed by atoms with Crippen molar-refractivity contribution in [2.45, 2.75) is 6.42 Å². The molecule has 1 N–H and O–H groups in total. The Hall–Kier alpha value is -1.42. The van der Waals surface area contributed by atoms with Crippen molar-refractivity contribution in [3.63, 3.8) is 0 Å². The molecular formula is C8H8NO3. The molecule has 0 aliphatic carbocycles. The van der Waals surface area contributed by atoms with Crippen LogP contribution in [0.4, 0.5) is 5.69 Å². The third-order valence-electron chi connectivity index (χ3n) is 1.50. The highest BCUT2D eigenvalue weighted by Crippen LogP contribution is 2.18. The number of hydrogen-bond acceptors (Lipinski definition) is 3. The van der Waals surface area contributed by atoms with E-state index in [4.69, 9.17) is 5.11 Å². The summed E-state index contributed by atoms with van der Waals surface area (Å²) in [6.07, 6.45) is 0.206. The normalized spacial score (nSPS) is 9.75. The average molecular weight is 166 g/mol. The van der Waals surface area contributed by atoms with Gasteiger partial charge in [-0.15, -0.1) is 0 Å². The van der Waals surface area contributed by atoms with Crippen LogP contribution in [0.5, 0.6) is 0 Å². The SMILES string of the molecule is O=[N+]([O-])c1ccccc1C[CH]O. The number of aliphatic hydroxyl groups excluding tert-OH is 1. The Kier molecular flexibility index (Phi) is 2.76. The van der Waals surface area contributed by atoms with Crippen molar-refractivity contribution in [2.24, 2.45) is 0 Å². The van der Waals surface area contributed by atoms with Crippen LogP contribution in [-0.2, 0) is 6.42 Å². The molecule has 0 spiro atoms. The Morgan fingerprint density at radius 2 is 2.17 bits per heavy atom. The monoisotopic (exact) mass is 166 g/mol. The van der Waals surface area contributed by atoms with Crippen LogP contribution < -0.4 is 0 Å². The number of hydrogen-bond donors (Lipinski definition) is 1. The molecule has 4 heteroatoms. The second-order valence-corrected chi connectivity index (χ2v) is 2.27. The molecule has 0 amide bonds. The highest BCUT2D eigenvalue weighted by atomic mass is 16.6. The molecule has 0 saturated heterocycles. The summed E-state index contributed by atoms with van der Waals surface area (Å²) in [5.41, 5.74) is 0.563. The summed E-state index contributed by atoms with van der Waals surface area (Å²) in [5.74, 6) is 0. The first kappa shape index (κ1) is 8.67. The summed E-state index contributed by atoms with van der Waals surface area (Å²) in [6, 6.07) is 6.33. The van der Waals surface area contributed by atoms with Crippen molar-refractivity contribution in [3.05, 3.63) is 46.6 Å². The quantitative estimate of drug-likeness (QED) is 0.548. The number of rotatable bonds is 3. The van der Waals surface area contributed by atoms with Gasteiger partial charge < -0.3 is 5.11 Å². The first-order chi connectivity index (χ1) is 5.75. The van der Waals surface area contributed by atoms with E-state index in [-0.39, 0.29) is 12.1 Å². The molecular weight excluding hydrogens is 158 g/mol. The lowest BCUT2D eigenvalue weighted by molar-refractivity contribution is -0.385. The van der Waals surface area contributed by atoms with E-state index >= 15 is 0 Å². The molecule has 0 aromatic heterocycles. The van der Waals surface area contributed by atoms with E-state index < -0.39 is 4.92 Å². The van der Waals surface area contributed by atoms with Gasteiger partial charge in [-0.05, 0) is 0 Å². The van der Waals surface area contributed by atoms with Gasteiger partial charge in [0, 0.05) is 18.1 Å². The molecule has 1 aromatic carbocycles. The number of benzene rings is 1. The Morgan fingerprint density at radius 1 is 1.50 bits per heavy atom. The minimum Gasteiger partial charge on any atom is -0.390 e. The molecule has 0 saturated carbocycles. The number of nitro benzene ring substituents is 1. The van der Waals surface area contributed by atoms with Gasteiger partial charge in [0.05, 0.1) is 11.5 Å². The molecule has 0 unspecified atom stereocenters. The third-order valence-corrected chi connectivity index (χ3v) is 1.50. The minimum atomic E-state index is -0.459.